The van der Waals surface area contributed by atoms with Crippen molar-refractivity contribution < 1.29 is 4.74 Å². The fourth-order valence-electron chi connectivity index (χ4n) is 2.86. The zero-order valence-corrected chi connectivity index (χ0v) is 17.8. The van der Waals surface area contributed by atoms with Gasteiger partial charge in [0.25, 0.3) is 0 Å². The van der Waals surface area contributed by atoms with Crippen LogP contribution in [0.3, 0.4) is 0 Å². The standard InChI is InChI=1S/C21H26BrN5O/c1-16(17-7-4-3-5-8-17)28-12-6-11-24-21(23-2)25-13-19-15-27-14-18(22)9-10-20(27)26-19/h3-5,7-10,14-16H,6,11-13H2,1-2H3,(H2,23,24,25). The highest BCUT2D eigenvalue weighted by Gasteiger charge is 2.05. The Bertz CT molecular complexity index is 910. The molecule has 0 bridgehead atoms. The fraction of sp³-hybridized carbons (Fsp3) is 0.333. The van der Waals surface area contributed by atoms with Crippen molar-refractivity contribution in [1.82, 2.24) is 20.0 Å². The van der Waals surface area contributed by atoms with E-state index in [1.807, 2.05) is 47.1 Å². The molecule has 7 heteroatoms. The number of benzene rings is 1. The number of imidazole rings is 1. The first kappa shape index (κ1) is 20.4. The summed E-state index contributed by atoms with van der Waals surface area (Å²) in [7, 11) is 1.77. The van der Waals surface area contributed by atoms with Crippen molar-refractivity contribution >= 4 is 27.5 Å². The Hall–Kier alpha value is -2.38. The van der Waals surface area contributed by atoms with Crippen LogP contribution in [-0.4, -0.2) is 35.5 Å². The van der Waals surface area contributed by atoms with Crippen molar-refractivity contribution in [3.63, 3.8) is 0 Å². The van der Waals surface area contributed by atoms with Crippen molar-refractivity contribution in [1.29, 1.82) is 0 Å². The Morgan fingerprint density at radius 1 is 1.18 bits per heavy atom. The van der Waals surface area contributed by atoms with Crippen molar-refractivity contribution in [2.75, 3.05) is 20.2 Å². The van der Waals surface area contributed by atoms with Gasteiger partial charge in [-0.1, -0.05) is 30.3 Å². The number of rotatable bonds is 8. The predicted octanol–water partition coefficient (Wildman–Crippen LogP) is 3.93. The van der Waals surface area contributed by atoms with E-state index in [9.17, 15) is 0 Å². The topological polar surface area (TPSA) is 63.0 Å². The molecule has 0 amide bonds. The number of pyridine rings is 1. The molecule has 3 aromatic rings. The maximum absolute atomic E-state index is 5.90. The Kier molecular flexibility index (Phi) is 7.45. The van der Waals surface area contributed by atoms with E-state index in [-0.39, 0.29) is 6.10 Å². The van der Waals surface area contributed by atoms with E-state index < -0.39 is 0 Å². The Balaban J connectivity index is 1.37. The second kappa shape index (κ2) is 10.2. The molecule has 28 heavy (non-hydrogen) atoms. The SMILES string of the molecule is CN=C(NCCCOC(C)c1ccccc1)NCc1cn2cc(Br)ccc2n1. The van der Waals surface area contributed by atoms with Crippen LogP contribution >= 0.6 is 15.9 Å². The number of halogens is 1. The number of nitrogens with one attached hydrogen (secondary N) is 2. The van der Waals surface area contributed by atoms with Gasteiger partial charge in [0.1, 0.15) is 5.65 Å². The molecule has 6 nitrogen and oxygen atoms in total. The molecular formula is C21H26BrN5O. The van der Waals surface area contributed by atoms with Gasteiger partial charge in [-0.15, -0.1) is 0 Å². The molecule has 0 aliphatic heterocycles. The van der Waals surface area contributed by atoms with Gasteiger partial charge in [0.15, 0.2) is 5.96 Å². The molecule has 0 aliphatic rings. The zero-order valence-electron chi connectivity index (χ0n) is 16.2. The summed E-state index contributed by atoms with van der Waals surface area (Å²) in [5, 5.41) is 6.61. The molecule has 1 aromatic carbocycles. The van der Waals surface area contributed by atoms with Gasteiger partial charge in [0.2, 0.25) is 0 Å². The van der Waals surface area contributed by atoms with E-state index in [2.05, 4.69) is 55.6 Å². The maximum Gasteiger partial charge on any atom is 0.191 e. The summed E-state index contributed by atoms with van der Waals surface area (Å²) in [6.07, 6.45) is 5.02. The molecule has 0 radical (unpaired) electrons. The molecule has 0 fully saturated rings. The summed E-state index contributed by atoms with van der Waals surface area (Å²) in [6, 6.07) is 14.2. The minimum atomic E-state index is 0.105. The summed E-state index contributed by atoms with van der Waals surface area (Å²) in [5.74, 6) is 0.759. The summed E-state index contributed by atoms with van der Waals surface area (Å²) < 4.78 is 8.93. The number of nitrogens with zero attached hydrogens (tertiary/aromatic N) is 3. The normalized spacial score (nSPS) is 12.9. The number of aliphatic imine (C=N–C) groups is 1. The maximum atomic E-state index is 5.90. The van der Waals surface area contributed by atoms with Crippen molar-refractivity contribution in [2.24, 2.45) is 4.99 Å². The number of hydrogen-bond donors (Lipinski definition) is 2. The lowest BCUT2D eigenvalue weighted by atomic mass is 10.1. The molecule has 1 atom stereocenters. The van der Waals surface area contributed by atoms with Crippen LogP contribution in [0.5, 0.6) is 0 Å². The molecule has 0 aliphatic carbocycles. The van der Waals surface area contributed by atoms with Crippen LogP contribution in [0.15, 0.2) is 64.3 Å². The van der Waals surface area contributed by atoms with E-state index in [4.69, 9.17) is 4.74 Å². The van der Waals surface area contributed by atoms with Gasteiger partial charge >= 0.3 is 0 Å². The van der Waals surface area contributed by atoms with Crippen LogP contribution in [0.2, 0.25) is 0 Å². The molecule has 2 heterocycles. The molecule has 2 N–H and O–H groups in total. The lowest BCUT2D eigenvalue weighted by Gasteiger charge is -2.14. The van der Waals surface area contributed by atoms with Gasteiger partial charge in [-0.25, -0.2) is 4.98 Å². The fourth-order valence-corrected chi connectivity index (χ4v) is 3.21. The Labute approximate surface area is 174 Å². The summed E-state index contributed by atoms with van der Waals surface area (Å²) in [6.45, 7) is 4.18. The second-order valence-corrected chi connectivity index (χ2v) is 7.39. The highest BCUT2D eigenvalue weighted by atomic mass is 79.9. The lowest BCUT2D eigenvalue weighted by Crippen LogP contribution is -2.37. The number of guanidine groups is 1. The van der Waals surface area contributed by atoms with Gasteiger partial charge in [-0.05, 0) is 47.0 Å². The first-order chi connectivity index (χ1) is 13.7. The Morgan fingerprint density at radius 3 is 2.79 bits per heavy atom. The smallest absolute Gasteiger partial charge is 0.191 e. The summed E-state index contributed by atoms with van der Waals surface area (Å²) >= 11 is 3.47. The van der Waals surface area contributed by atoms with E-state index in [1.54, 1.807) is 7.05 Å². The number of ether oxygens (including phenoxy) is 1. The Morgan fingerprint density at radius 2 is 2.00 bits per heavy atom. The third-order valence-electron chi connectivity index (χ3n) is 4.38. The molecule has 2 aromatic heterocycles. The highest BCUT2D eigenvalue weighted by molar-refractivity contribution is 9.10. The molecule has 0 saturated heterocycles. The van der Waals surface area contributed by atoms with Crippen LogP contribution < -0.4 is 10.6 Å². The van der Waals surface area contributed by atoms with E-state index in [0.29, 0.717) is 13.2 Å². The average molecular weight is 444 g/mol. The third-order valence-corrected chi connectivity index (χ3v) is 4.84. The molecule has 0 saturated carbocycles. The minimum Gasteiger partial charge on any atom is -0.374 e. The average Bonchev–Trinajstić information content (AvgIpc) is 3.12. The van der Waals surface area contributed by atoms with E-state index in [0.717, 1.165) is 34.7 Å². The largest absolute Gasteiger partial charge is 0.374 e. The van der Waals surface area contributed by atoms with Crippen molar-refractivity contribution in [3.05, 3.63) is 70.6 Å². The summed E-state index contributed by atoms with van der Waals surface area (Å²) in [5.41, 5.74) is 3.08. The molecular weight excluding hydrogens is 418 g/mol. The van der Waals surface area contributed by atoms with Crippen LogP contribution in [0.4, 0.5) is 0 Å². The van der Waals surface area contributed by atoms with Crippen LogP contribution in [-0.2, 0) is 11.3 Å². The molecule has 3 rings (SSSR count). The summed E-state index contributed by atoms with van der Waals surface area (Å²) in [4.78, 5) is 8.86. The highest BCUT2D eigenvalue weighted by Crippen LogP contribution is 2.15. The first-order valence-corrected chi connectivity index (χ1v) is 10.2. The van der Waals surface area contributed by atoms with Gasteiger partial charge in [-0.2, -0.15) is 0 Å². The third kappa shape index (κ3) is 5.81. The first-order valence-electron chi connectivity index (χ1n) is 9.40. The quantitative estimate of drug-likeness (QED) is 0.314. The lowest BCUT2D eigenvalue weighted by molar-refractivity contribution is 0.0646. The van der Waals surface area contributed by atoms with Gasteiger partial charge in [0, 0.05) is 37.1 Å². The van der Waals surface area contributed by atoms with E-state index in [1.165, 1.54) is 5.56 Å². The zero-order chi connectivity index (χ0) is 19.8. The molecule has 148 valence electrons. The number of aromatic nitrogens is 2. The number of hydrogen-bond acceptors (Lipinski definition) is 3. The predicted molar refractivity (Wildman–Crippen MR) is 117 cm³/mol. The number of fused-ring (bicyclic) bond motifs is 1. The minimum absolute atomic E-state index is 0.105. The van der Waals surface area contributed by atoms with Crippen LogP contribution in [0, 0.1) is 0 Å². The van der Waals surface area contributed by atoms with Crippen LogP contribution in [0.25, 0.3) is 5.65 Å². The molecule has 0 spiro atoms. The second-order valence-electron chi connectivity index (χ2n) is 6.47. The molecule has 1 unspecified atom stereocenters. The van der Waals surface area contributed by atoms with E-state index >= 15 is 0 Å². The monoisotopic (exact) mass is 443 g/mol. The van der Waals surface area contributed by atoms with Gasteiger partial charge in [0.05, 0.1) is 18.3 Å². The van der Waals surface area contributed by atoms with Crippen molar-refractivity contribution in [3.8, 4) is 0 Å². The van der Waals surface area contributed by atoms with Gasteiger partial charge < -0.3 is 19.8 Å². The van der Waals surface area contributed by atoms with Gasteiger partial charge in [-0.3, -0.25) is 4.99 Å². The van der Waals surface area contributed by atoms with Crippen molar-refractivity contribution in [2.45, 2.75) is 26.0 Å². The van der Waals surface area contributed by atoms with Crippen LogP contribution in [0.1, 0.15) is 30.7 Å².